The third-order valence-electron chi connectivity index (χ3n) is 5.48. The normalized spacial score (nSPS) is 22.4. The zero-order valence-corrected chi connectivity index (χ0v) is 18.6. The van der Waals surface area contributed by atoms with Crippen LogP contribution in [0.4, 0.5) is 10.5 Å². The standard InChI is InChI=1S/C22H28N2O4S/c1-13(2)28-19(25)12-24-20(26)18(29-21(24)27)10-15-7-8-17-16(9-15)14(3)11-22(4,5)23(17)6/h7-10,13-14H,11-12H2,1-6H3/b18-10-. The van der Waals surface area contributed by atoms with Crippen molar-refractivity contribution in [2.75, 3.05) is 18.5 Å². The fourth-order valence-electron chi connectivity index (χ4n) is 3.90. The van der Waals surface area contributed by atoms with Gasteiger partial charge in [-0.15, -0.1) is 0 Å². The summed E-state index contributed by atoms with van der Waals surface area (Å²) < 4.78 is 5.04. The minimum absolute atomic E-state index is 0.0845. The van der Waals surface area contributed by atoms with Crippen LogP contribution < -0.4 is 4.90 Å². The summed E-state index contributed by atoms with van der Waals surface area (Å²) in [5.41, 5.74) is 3.39. The molecule has 2 aliphatic rings. The molecule has 2 aliphatic heterocycles. The molecular formula is C22H28N2O4S. The molecule has 1 saturated heterocycles. The highest BCUT2D eigenvalue weighted by molar-refractivity contribution is 8.18. The Bertz CT molecular complexity index is 891. The zero-order valence-electron chi connectivity index (χ0n) is 17.8. The van der Waals surface area contributed by atoms with Gasteiger partial charge in [-0.3, -0.25) is 19.3 Å². The Morgan fingerprint density at radius 2 is 2.03 bits per heavy atom. The van der Waals surface area contributed by atoms with Gasteiger partial charge >= 0.3 is 5.97 Å². The second kappa shape index (κ2) is 7.86. The number of esters is 1. The van der Waals surface area contributed by atoms with Gasteiger partial charge in [-0.2, -0.15) is 0 Å². The van der Waals surface area contributed by atoms with Crippen LogP contribution in [-0.2, 0) is 14.3 Å². The number of thioether (sulfide) groups is 1. The highest BCUT2D eigenvalue weighted by Gasteiger charge is 2.37. The molecule has 1 fully saturated rings. The number of fused-ring (bicyclic) bond motifs is 1. The van der Waals surface area contributed by atoms with Crippen LogP contribution in [0, 0.1) is 0 Å². The van der Waals surface area contributed by atoms with Gasteiger partial charge in [0.15, 0.2) is 0 Å². The molecule has 1 aromatic rings. The first kappa shape index (κ1) is 21.4. The van der Waals surface area contributed by atoms with E-state index >= 15 is 0 Å². The number of carbonyl (C=O) groups is 3. The van der Waals surface area contributed by atoms with E-state index in [1.165, 1.54) is 11.3 Å². The monoisotopic (exact) mass is 416 g/mol. The maximum atomic E-state index is 12.6. The zero-order chi connectivity index (χ0) is 21.5. The van der Waals surface area contributed by atoms with Crippen molar-refractivity contribution < 1.29 is 19.1 Å². The van der Waals surface area contributed by atoms with Crippen molar-refractivity contribution in [3.63, 3.8) is 0 Å². The molecule has 0 N–H and O–H groups in total. The molecule has 0 spiro atoms. The molecular weight excluding hydrogens is 388 g/mol. The van der Waals surface area contributed by atoms with Crippen LogP contribution in [0.15, 0.2) is 23.1 Å². The Labute approximate surface area is 176 Å². The van der Waals surface area contributed by atoms with Gasteiger partial charge in [0.1, 0.15) is 6.54 Å². The van der Waals surface area contributed by atoms with Crippen LogP contribution in [-0.4, -0.2) is 47.3 Å². The lowest BCUT2D eigenvalue weighted by Gasteiger charge is -2.45. The molecule has 29 heavy (non-hydrogen) atoms. The summed E-state index contributed by atoms with van der Waals surface area (Å²) in [6, 6.07) is 6.13. The molecule has 7 heteroatoms. The summed E-state index contributed by atoms with van der Waals surface area (Å²) in [6.45, 7) is 9.77. The van der Waals surface area contributed by atoms with Crippen LogP contribution in [0.1, 0.15) is 58.1 Å². The number of ether oxygens (including phenoxy) is 1. The van der Waals surface area contributed by atoms with Crippen molar-refractivity contribution in [3.8, 4) is 0 Å². The molecule has 1 atom stereocenters. The minimum atomic E-state index is -0.586. The maximum absolute atomic E-state index is 12.6. The predicted molar refractivity (Wildman–Crippen MR) is 116 cm³/mol. The topological polar surface area (TPSA) is 66.9 Å². The quantitative estimate of drug-likeness (QED) is 0.535. The molecule has 0 bridgehead atoms. The van der Waals surface area contributed by atoms with E-state index in [0.717, 1.165) is 28.6 Å². The number of hydrogen-bond acceptors (Lipinski definition) is 6. The van der Waals surface area contributed by atoms with Gasteiger partial charge in [0.2, 0.25) is 0 Å². The van der Waals surface area contributed by atoms with E-state index in [1.807, 2.05) is 6.07 Å². The largest absolute Gasteiger partial charge is 0.462 e. The van der Waals surface area contributed by atoms with Crippen molar-refractivity contribution in [2.24, 2.45) is 0 Å². The number of benzene rings is 1. The second-order valence-corrected chi connectivity index (χ2v) is 9.59. The lowest BCUT2D eigenvalue weighted by atomic mass is 9.80. The first-order chi connectivity index (χ1) is 13.5. The number of carbonyl (C=O) groups excluding carboxylic acids is 3. The fourth-order valence-corrected chi connectivity index (χ4v) is 4.74. The predicted octanol–water partition coefficient (Wildman–Crippen LogP) is 4.40. The lowest BCUT2D eigenvalue weighted by Crippen LogP contribution is -2.45. The molecule has 156 valence electrons. The fraction of sp³-hybridized carbons (Fsp3) is 0.500. The molecule has 2 amide bonds. The molecule has 0 radical (unpaired) electrons. The van der Waals surface area contributed by atoms with E-state index in [0.29, 0.717) is 10.8 Å². The van der Waals surface area contributed by atoms with Gasteiger partial charge in [0, 0.05) is 18.3 Å². The number of imide groups is 1. The van der Waals surface area contributed by atoms with Gasteiger partial charge in [-0.1, -0.05) is 13.0 Å². The third kappa shape index (κ3) is 4.34. The van der Waals surface area contributed by atoms with E-state index in [4.69, 9.17) is 4.74 Å². The van der Waals surface area contributed by atoms with Gasteiger partial charge in [0.25, 0.3) is 11.1 Å². The highest BCUT2D eigenvalue weighted by atomic mass is 32.2. The van der Waals surface area contributed by atoms with Crippen LogP contribution in [0.5, 0.6) is 0 Å². The van der Waals surface area contributed by atoms with E-state index in [-0.39, 0.29) is 18.2 Å². The second-order valence-electron chi connectivity index (χ2n) is 8.60. The van der Waals surface area contributed by atoms with Gasteiger partial charge < -0.3 is 9.64 Å². The molecule has 2 heterocycles. The summed E-state index contributed by atoms with van der Waals surface area (Å²) >= 11 is 0.856. The Kier molecular flexibility index (Phi) is 5.81. The van der Waals surface area contributed by atoms with Crippen molar-refractivity contribution in [3.05, 3.63) is 34.2 Å². The number of anilines is 1. The van der Waals surface area contributed by atoms with E-state index in [9.17, 15) is 14.4 Å². The van der Waals surface area contributed by atoms with Crippen molar-refractivity contribution in [1.29, 1.82) is 0 Å². The molecule has 1 unspecified atom stereocenters. The van der Waals surface area contributed by atoms with Crippen molar-refractivity contribution in [2.45, 2.75) is 58.6 Å². The van der Waals surface area contributed by atoms with Crippen LogP contribution in [0.2, 0.25) is 0 Å². The summed E-state index contributed by atoms with van der Waals surface area (Å²) in [6.07, 6.45) is 2.47. The maximum Gasteiger partial charge on any atom is 0.326 e. The summed E-state index contributed by atoms with van der Waals surface area (Å²) in [7, 11) is 2.10. The molecule has 3 rings (SSSR count). The van der Waals surface area contributed by atoms with Crippen LogP contribution >= 0.6 is 11.8 Å². The van der Waals surface area contributed by atoms with E-state index in [2.05, 4.69) is 44.9 Å². The van der Waals surface area contributed by atoms with Gasteiger partial charge in [-0.05, 0) is 81.1 Å². The van der Waals surface area contributed by atoms with Crippen LogP contribution in [0.25, 0.3) is 6.08 Å². The summed E-state index contributed by atoms with van der Waals surface area (Å²) in [5.74, 6) is -0.646. The number of hydrogen-bond donors (Lipinski definition) is 0. The number of rotatable bonds is 4. The first-order valence-electron chi connectivity index (χ1n) is 9.82. The van der Waals surface area contributed by atoms with E-state index < -0.39 is 17.1 Å². The molecule has 0 saturated carbocycles. The Hall–Kier alpha value is -2.28. The number of nitrogens with zero attached hydrogens (tertiary/aromatic N) is 2. The molecule has 6 nitrogen and oxygen atoms in total. The number of amides is 2. The first-order valence-corrected chi connectivity index (χ1v) is 10.6. The molecule has 1 aromatic carbocycles. The minimum Gasteiger partial charge on any atom is -0.462 e. The Morgan fingerprint density at radius 3 is 2.69 bits per heavy atom. The average Bonchev–Trinajstić information content (AvgIpc) is 2.86. The smallest absolute Gasteiger partial charge is 0.326 e. The Balaban J connectivity index is 1.83. The van der Waals surface area contributed by atoms with Crippen LogP contribution in [0.3, 0.4) is 0 Å². The van der Waals surface area contributed by atoms with Crippen molar-refractivity contribution >= 4 is 40.6 Å². The average molecular weight is 417 g/mol. The SMILES string of the molecule is CC(C)OC(=O)CN1C(=O)S/C(=C\c2ccc3c(c2)C(C)CC(C)(C)N3C)C1=O. The Morgan fingerprint density at radius 1 is 1.34 bits per heavy atom. The summed E-state index contributed by atoms with van der Waals surface area (Å²) in [5, 5.41) is -0.449. The van der Waals surface area contributed by atoms with E-state index in [1.54, 1.807) is 19.9 Å². The van der Waals surface area contributed by atoms with Gasteiger partial charge in [-0.25, -0.2) is 0 Å². The molecule has 0 aromatic heterocycles. The highest BCUT2D eigenvalue weighted by Crippen LogP contribution is 2.43. The van der Waals surface area contributed by atoms with Crippen molar-refractivity contribution in [1.82, 2.24) is 4.90 Å². The molecule has 0 aliphatic carbocycles. The third-order valence-corrected chi connectivity index (χ3v) is 6.39. The summed E-state index contributed by atoms with van der Waals surface area (Å²) in [4.78, 5) is 40.3. The van der Waals surface area contributed by atoms with Gasteiger partial charge in [0.05, 0.1) is 11.0 Å². The lowest BCUT2D eigenvalue weighted by molar-refractivity contribution is -0.149.